The Hall–Kier alpha value is -2.47. The highest BCUT2D eigenvalue weighted by Crippen LogP contribution is 2.16. The molecule has 0 aliphatic carbocycles. The molecule has 0 radical (unpaired) electrons. The molecular formula is C16H11BrN2O3. The molecule has 0 spiro atoms. The number of rotatable bonds is 4. The second kappa shape index (κ2) is 6.53. The quantitative estimate of drug-likeness (QED) is 0.662. The lowest BCUT2D eigenvalue weighted by Gasteiger charge is -2.01. The maximum atomic E-state index is 11.9. The smallest absolute Gasteiger partial charge is 0.338 e. The van der Waals surface area contributed by atoms with Gasteiger partial charge in [0.2, 0.25) is 5.82 Å². The van der Waals surface area contributed by atoms with Crippen LogP contribution in [0.25, 0.3) is 11.4 Å². The van der Waals surface area contributed by atoms with Crippen molar-refractivity contribution in [1.29, 1.82) is 0 Å². The molecule has 0 atom stereocenters. The van der Waals surface area contributed by atoms with Gasteiger partial charge in [-0.3, -0.25) is 0 Å². The number of esters is 1. The third-order valence-corrected chi connectivity index (χ3v) is 3.38. The van der Waals surface area contributed by atoms with Gasteiger partial charge in [-0.2, -0.15) is 4.98 Å². The van der Waals surface area contributed by atoms with Crippen LogP contribution >= 0.6 is 15.9 Å². The van der Waals surface area contributed by atoms with Crippen molar-refractivity contribution in [3.63, 3.8) is 0 Å². The molecule has 0 fully saturated rings. The molecule has 0 saturated carbocycles. The van der Waals surface area contributed by atoms with E-state index in [0.29, 0.717) is 11.4 Å². The maximum Gasteiger partial charge on any atom is 0.338 e. The highest BCUT2D eigenvalue weighted by Gasteiger charge is 2.12. The van der Waals surface area contributed by atoms with Gasteiger partial charge in [0.1, 0.15) is 0 Å². The fraction of sp³-hybridized carbons (Fsp3) is 0.0625. The van der Waals surface area contributed by atoms with Crippen molar-refractivity contribution < 1.29 is 14.1 Å². The zero-order valence-corrected chi connectivity index (χ0v) is 13.0. The van der Waals surface area contributed by atoms with Gasteiger partial charge in [0.25, 0.3) is 5.89 Å². The first-order valence-corrected chi connectivity index (χ1v) is 7.32. The summed E-state index contributed by atoms with van der Waals surface area (Å²) in [5.41, 5.74) is 1.30. The number of carbonyl (C=O) groups excluding carboxylic acids is 1. The van der Waals surface area contributed by atoms with Gasteiger partial charge in [-0.25, -0.2) is 4.79 Å². The zero-order chi connectivity index (χ0) is 15.4. The summed E-state index contributed by atoms with van der Waals surface area (Å²) in [5.74, 6) is 0.275. The molecule has 0 saturated heterocycles. The number of aromatic nitrogens is 2. The predicted octanol–water partition coefficient (Wildman–Crippen LogP) is 3.86. The van der Waals surface area contributed by atoms with Gasteiger partial charge in [-0.15, -0.1) is 0 Å². The highest BCUT2D eigenvalue weighted by molar-refractivity contribution is 9.10. The highest BCUT2D eigenvalue weighted by atomic mass is 79.9. The van der Waals surface area contributed by atoms with Gasteiger partial charge in [0.05, 0.1) is 5.56 Å². The van der Waals surface area contributed by atoms with E-state index in [1.807, 2.05) is 36.4 Å². The topological polar surface area (TPSA) is 65.2 Å². The van der Waals surface area contributed by atoms with Crippen molar-refractivity contribution in [2.45, 2.75) is 6.61 Å². The van der Waals surface area contributed by atoms with Crippen LogP contribution in [-0.4, -0.2) is 16.1 Å². The maximum absolute atomic E-state index is 11.9. The molecule has 3 aromatic rings. The lowest BCUT2D eigenvalue weighted by Crippen LogP contribution is -2.05. The van der Waals surface area contributed by atoms with Gasteiger partial charge in [-0.1, -0.05) is 57.5 Å². The van der Waals surface area contributed by atoms with Crippen LogP contribution in [-0.2, 0) is 11.3 Å². The molecule has 0 aliphatic rings. The minimum absolute atomic E-state index is 0.0643. The van der Waals surface area contributed by atoms with Crippen LogP contribution in [0.5, 0.6) is 0 Å². The summed E-state index contributed by atoms with van der Waals surface area (Å²) in [4.78, 5) is 16.1. The van der Waals surface area contributed by atoms with E-state index in [1.54, 1.807) is 18.2 Å². The molecule has 1 heterocycles. The lowest BCUT2D eigenvalue weighted by molar-refractivity contribution is 0.0429. The lowest BCUT2D eigenvalue weighted by atomic mass is 10.2. The molecule has 1 aromatic heterocycles. The average molecular weight is 359 g/mol. The molecule has 0 N–H and O–H groups in total. The van der Waals surface area contributed by atoms with E-state index in [4.69, 9.17) is 9.26 Å². The number of hydrogen-bond donors (Lipinski definition) is 0. The Kier molecular flexibility index (Phi) is 4.29. The summed E-state index contributed by atoms with van der Waals surface area (Å²) in [5, 5.41) is 3.87. The van der Waals surface area contributed by atoms with E-state index in [0.717, 1.165) is 10.0 Å². The monoisotopic (exact) mass is 358 g/mol. The second-order valence-corrected chi connectivity index (χ2v) is 5.38. The summed E-state index contributed by atoms with van der Waals surface area (Å²) < 4.78 is 11.1. The third-order valence-electron chi connectivity index (χ3n) is 2.89. The predicted molar refractivity (Wildman–Crippen MR) is 83.0 cm³/mol. The number of hydrogen-bond acceptors (Lipinski definition) is 5. The Balaban J connectivity index is 1.65. The van der Waals surface area contributed by atoms with E-state index >= 15 is 0 Å². The van der Waals surface area contributed by atoms with E-state index in [1.165, 1.54) is 0 Å². The minimum Gasteiger partial charge on any atom is -0.452 e. The van der Waals surface area contributed by atoms with Crippen molar-refractivity contribution >= 4 is 21.9 Å². The van der Waals surface area contributed by atoms with Crippen LogP contribution in [0.3, 0.4) is 0 Å². The van der Waals surface area contributed by atoms with Crippen molar-refractivity contribution in [2.75, 3.05) is 0 Å². The van der Waals surface area contributed by atoms with Gasteiger partial charge >= 0.3 is 5.97 Å². The first-order valence-electron chi connectivity index (χ1n) is 6.53. The first kappa shape index (κ1) is 14.5. The van der Waals surface area contributed by atoms with E-state index in [-0.39, 0.29) is 12.5 Å². The largest absolute Gasteiger partial charge is 0.452 e. The summed E-state index contributed by atoms with van der Waals surface area (Å²) >= 11 is 3.31. The molecule has 3 rings (SSSR count). The number of halogens is 1. The van der Waals surface area contributed by atoms with Crippen molar-refractivity contribution in [3.8, 4) is 11.4 Å². The summed E-state index contributed by atoms with van der Waals surface area (Å²) in [6.07, 6.45) is 0. The van der Waals surface area contributed by atoms with Gasteiger partial charge in [0, 0.05) is 10.0 Å². The molecule has 0 unspecified atom stereocenters. The molecule has 0 aliphatic heterocycles. The molecule has 22 heavy (non-hydrogen) atoms. The Morgan fingerprint density at radius 1 is 1.14 bits per heavy atom. The summed E-state index contributed by atoms with van der Waals surface area (Å²) in [6.45, 7) is -0.0643. The van der Waals surface area contributed by atoms with Gasteiger partial charge in [-0.05, 0) is 18.2 Å². The molecule has 0 amide bonds. The number of benzene rings is 2. The Morgan fingerprint density at radius 2 is 1.95 bits per heavy atom. The molecule has 6 heteroatoms. The first-order chi connectivity index (χ1) is 10.7. The second-order valence-electron chi connectivity index (χ2n) is 4.46. The summed E-state index contributed by atoms with van der Waals surface area (Å²) in [7, 11) is 0. The Labute approximate surface area is 135 Å². The van der Waals surface area contributed by atoms with E-state index in [2.05, 4.69) is 26.1 Å². The van der Waals surface area contributed by atoms with Gasteiger partial charge in [0.15, 0.2) is 6.61 Å². The molecule has 2 aromatic carbocycles. The Bertz CT molecular complexity index is 787. The Morgan fingerprint density at radius 3 is 2.73 bits per heavy atom. The van der Waals surface area contributed by atoms with Crippen LogP contribution in [0.15, 0.2) is 63.6 Å². The van der Waals surface area contributed by atoms with Crippen LogP contribution in [0.1, 0.15) is 16.2 Å². The van der Waals surface area contributed by atoms with Crippen LogP contribution in [0.2, 0.25) is 0 Å². The standard InChI is InChI=1S/C16H11BrN2O3/c17-13-8-4-7-12(9-13)16(20)21-10-14-18-15(19-22-14)11-5-2-1-3-6-11/h1-9H,10H2. The minimum atomic E-state index is -0.444. The molecule has 110 valence electrons. The average Bonchev–Trinajstić information content (AvgIpc) is 3.02. The zero-order valence-electron chi connectivity index (χ0n) is 11.4. The number of ether oxygens (including phenoxy) is 1. The molecular weight excluding hydrogens is 348 g/mol. The third kappa shape index (κ3) is 3.40. The van der Waals surface area contributed by atoms with E-state index in [9.17, 15) is 4.79 Å². The SMILES string of the molecule is O=C(OCc1nc(-c2ccccc2)no1)c1cccc(Br)c1. The van der Waals surface area contributed by atoms with Crippen molar-refractivity contribution in [3.05, 3.63) is 70.5 Å². The van der Waals surface area contributed by atoms with Crippen molar-refractivity contribution in [1.82, 2.24) is 10.1 Å². The van der Waals surface area contributed by atoms with Crippen LogP contribution < -0.4 is 0 Å². The van der Waals surface area contributed by atoms with E-state index < -0.39 is 5.97 Å². The fourth-order valence-electron chi connectivity index (χ4n) is 1.84. The van der Waals surface area contributed by atoms with Crippen molar-refractivity contribution in [2.24, 2.45) is 0 Å². The normalized spacial score (nSPS) is 10.4. The molecule has 5 nitrogen and oxygen atoms in total. The molecule has 0 bridgehead atoms. The van der Waals surface area contributed by atoms with Crippen LogP contribution in [0.4, 0.5) is 0 Å². The number of nitrogens with zero attached hydrogens (tertiary/aromatic N) is 2. The fourth-order valence-corrected chi connectivity index (χ4v) is 2.24. The van der Waals surface area contributed by atoms with Gasteiger partial charge < -0.3 is 9.26 Å². The number of carbonyl (C=O) groups is 1. The van der Waals surface area contributed by atoms with Crippen LogP contribution in [0, 0.1) is 0 Å². The summed E-state index contributed by atoms with van der Waals surface area (Å²) in [6, 6.07) is 16.4.